The third-order valence-electron chi connectivity index (χ3n) is 2.57. The van der Waals surface area contributed by atoms with Crippen molar-refractivity contribution in [3.63, 3.8) is 0 Å². The molecule has 0 aliphatic heterocycles. The molecule has 4 nitrogen and oxygen atoms in total. The Kier molecular flexibility index (Phi) is 6.32. The lowest BCUT2D eigenvalue weighted by molar-refractivity contribution is 0.0967. The van der Waals surface area contributed by atoms with Crippen LogP contribution in [0.15, 0.2) is 18.2 Å². The number of ether oxygens (including phenoxy) is 1. The molecule has 0 saturated heterocycles. The lowest BCUT2D eigenvalue weighted by atomic mass is 10.2. The molecule has 1 rings (SSSR count). The van der Waals surface area contributed by atoms with Gasteiger partial charge in [0.2, 0.25) is 0 Å². The minimum absolute atomic E-state index is 0.0193. The largest absolute Gasteiger partial charge is 0.394 e. The molecule has 1 aromatic carbocycles. The number of aldehydes is 1. The predicted octanol–water partition coefficient (Wildman–Crippen LogP) is 1.47. The van der Waals surface area contributed by atoms with E-state index in [1.807, 2.05) is 11.8 Å². The highest BCUT2D eigenvalue weighted by Crippen LogP contribution is 2.19. The van der Waals surface area contributed by atoms with Crippen molar-refractivity contribution in [3.05, 3.63) is 29.6 Å². The van der Waals surface area contributed by atoms with Crippen molar-refractivity contribution >= 4 is 12.0 Å². The summed E-state index contributed by atoms with van der Waals surface area (Å²) in [5, 5.41) is 8.58. The zero-order valence-corrected chi connectivity index (χ0v) is 10.4. The first kappa shape index (κ1) is 14.6. The molecule has 0 heterocycles. The second-order valence-electron chi connectivity index (χ2n) is 3.74. The Morgan fingerprint density at radius 1 is 1.44 bits per heavy atom. The number of halogens is 1. The Bertz CT molecular complexity index is 384. The summed E-state index contributed by atoms with van der Waals surface area (Å²) in [6, 6.07) is 4.40. The van der Waals surface area contributed by atoms with Crippen LogP contribution in [0.5, 0.6) is 0 Å². The van der Waals surface area contributed by atoms with Gasteiger partial charge in [-0.2, -0.15) is 0 Å². The second kappa shape index (κ2) is 7.79. The van der Waals surface area contributed by atoms with Gasteiger partial charge >= 0.3 is 0 Å². The zero-order chi connectivity index (χ0) is 13.4. The Hall–Kier alpha value is -1.46. The van der Waals surface area contributed by atoms with Crippen LogP contribution < -0.4 is 4.90 Å². The summed E-state index contributed by atoms with van der Waals surface area (Å²) < 4.78 is 18.9. The number of carbonyl (C=O) groups is 1. The quantitative estimate of drug-likeness (QED) is 0.564. The van der Waals surface area contributed by atoms with E-state index in [1.54, 1.807) is 12.1 Å². The number of anilines is 1. The fourth-order valence-corrected chi connectivity index (χ4v) is 1.64. The molecule has 5 heteroatoms. The minimum Gasteiger partial charge on any atom is -0.394 e. The van der Waals surface area contributed by atoms with Crippen LogP contribution in [-0.4, -0.2) is 44.3 Å². The van der Waals surface area contributed by atoms with Gasteiger partial charge in [0.15, 0.2) is 0 Å². The van der Waals surface area contributed by atoms with Crippen LogP contribution in [-0.2, 0) is 4.74 Å². The van der Waals surface area contributed by atoms with E-state index in [4.69, 9.17) is 9.84 Å². The summed E-state index contributed by atoms with van der Waals surface area (Å²) in [6.45, 7) is 3.77. The first-order valence-corrected chi connectivity index (χ1v) is 5.91. The molecule has 0 amide bonds. The molecule has 0 aliphatic carbocycles. The lowest BCUT2D eigenvalue weighted by Gasteiger charge is -2.23. The smallest absolute Gasteiger partial charge is 0.150 e. The molecule has 0 saturated carbocycles. The summed E-state index contributed by atoms with van der Waals surface area (Å²) >= 11 is 0. The Morgan fingerprint density at radius 3 is 2.78 bits per heavy atom. The van der Waals surface area contributed by atoms with E-state index in [0.717, 1.165) is 0 Å². The van der Waals surface area contributed by atoms with Gasteiger partial charge in [0.1, 0.15) is 12.1 Å². The molecule has 0 aromatic heterocycles. The third kappa shape index (κ3) is 4.09. The fourth-order valence-electron chi connectivity index (χ4n) is 1.64. The number of hydrogen-bond donors (Lipinski definition) is 1. The van der Waals surface area contributed by atoms with E-state index in [1.165, 1.54) is 6.07 Å². The molecule has 0 unspecified atom stereocenters. The first-order chi connectivity index (χ1) is 8.72. The zero-order valence-electron chi connectivity index (χ0n) is 10.4. The second-order valence-corrected chi connectivity index (χ2v) is 3.74. The van der Waals surface area contributed by atoms with Crippen molar-refractivity contribution in [1.82, 2.24) is 0 Å². The van der Waals surface area contributed by atoms with Crippen LogP contribution in [0.3, 0.4) is 0 Å². The molecule has 1 aromatic rings. The standard InChI is InChI=1S/C13H18FNO3/c1-2-15(5-7-18-8-6-16)13-4-3-11(10-17)9-12(13)14/h3-4,9-10,16H,2,5-8H2,1H3. The number of nitrogens with zero attached hydrogens (tertiary/aromatic N) is 1. The number of benzene rings is 1. The van der Waals surface area contributed by atoms with Crippen molar-refractivity contribution < 1.29 is 19.0 Å². The van der Waals surface area contributed by atoms with E-state index >= 15 is 0 Å². The SMILES string of the molecule is CCN(CCOCCO)c1ccc(C=O)cc1F. The molecule has 0 bridgehead atoms. The minimum atomic E-state index is -0.413. The van der Waals surface area contributed by atoms with E-state index in [0.29, 0.717) is 37.2 Å². The summed E-state index contributed by atoms with van der Waals surface area (Å²) in [5.74, 6) is -0.413. The van der Waals surface area contributed by atoms with Gasteiger partial charge in [-0.3, -0.25) is 4.79 Å². The molecule has 0 radical (unpaired) electrons. The average Bonchev–Trinajstić information content (AvgIpc) is 2.39. The molecular formula is C13H18FNO3. The highest BCUT2D eigenvalue weighted by molar-refractivity contribution is 5.75. The van der Waals surface area contributed by atoms with Crippen molar-refractivity contribution in [2.24, 2.45) is 0 Å². The van der Waals surface area contributed by atoms with E-state index in [2.05, 4.69) is 0 Å². The van der Waals surface area contributed by atoms with E-state index in [-0.39, 0.29) is 13.2 Å². The van der Waals surface area contributed by atoms with Gasteiger partial charge in [0.05, 0.1) is 25.5 Å². The van der Waals surface area contributed by atoms with Gasteiger partial charge in [-0.1, -0.05) is 0 Å². The van der Waals surface area contributed by atoms with Crippen molar-refractivity contribution in [3.8, 4) is 0 Å². The normalized spacial score (nSPS) is 10.4. The number of rotatable bonds is 8. The Labute approximate surface area is 106 Å². The predicted molar refractivity (Wildman–Crippen MR) is 67.6 cm³/mol. The van der Waals surface area contributed by atoms with Gasteiger partial charge in [-0.25, -0.2) is 4.39 Å². The molecule has 0 fully saturated rings. The van der Waals surface area contributed by atoms with Gasteiger partial charge in [0, 0.05) is 18.7 Å². The average molecular weight is 255 g/mol. The van der Waals surface area contributed by atoms with E-state index in [9.17, 15) is 9.18 Å². The molecule has 1 N–H and O–H groups in total. The maximum atomic E-state index is 13.8. The van der Waals surface area contributed by atoms with Gasteiger partial charge in [-0.15, -0.1) is 0 Å². The molecule has 0 aliphatic rings. The van der Waals surface area contributed by atoms with Crippen LogP contribution in [0.2, 0.25) is 0 Å². The van der Waals surface area contributed by atoms with Gasteiger partial charge in [-0.05, 0) is 25.1 Å². The lowest BCUT2D eigenvalue weighted by Crippen LogP contribution is -2.28. The molecular weight excluding hydrogens is 237 g/mol. The Morgan fingerprint density at radius 2 is 2.22 bits per heavy atom. The fraction of sp³-hybridized carbons (Fsp3) is 0.462. The van der Waals surface area contributed by atoms with Crippen molar-refractivity contribution in [2.75, 3.05) is 37.8 Å². The summed E-state index contributed by atoms with van der Waals surface area (Å²) in [5.41, 5.74) is 0.777. The molecule has 0 spiro atoms. The maximum Gasteiger partial charge on any atom is 0.150 e. The van der Waals surface area contributed by atoms with Crippen LogP contribution in [0.1, 0.15) is 17.3 Å². The van der Waals surface area contributed by atoms with Crippen molar-refractivity contribution in [1.29, 1.82) is 0 Å². The number of aliphatic hydroxyl groups is 1. The van der Waals surface area contributed by atoms with E-state index < -0.39 is 5.82 Å². The molecule has 100 valence electrons. The highest BCUT2D eigenvalue weighted by atomic mass is 19.1. The van der Waals surface area contributed by atoms with Crippen LogP contribution in [0, 0.1) is 5.82 Å². The van der Waals surface area contributed by atoms with Crippen LogP contribution in [0.4, 0.5) is 10.1 Å². The Balaban J connectivity index is 2.66. The third-order valence-corrected chi connectivity index (χ3v) is 2.57. The number of aliphatic hydroxyl groups excluding tert-OH is 1. The first-order valence-electron chi connectivity index (χ1n) is 5.91. The van der Waals surface area contributed by atoms with Crippen molar-refractivity contribution in [2.45, 2.75) is 6.92 Å². The topological polar surface area (TPSA) is 49.8 Å². The molecule has 0 atom stereocenters. The summed E-state index contributed by atoms with van der Waals surface area (Å²) in [4.78, 5) is 12.4. The van der Waals surface area contributed by atoms with Gasteiger partial charge in [0.25, 0.3) is 0 Å². The maximum absolute atomic E-state index is 13.8. The number of carbonyl (C=O) groups excluding carboxylic acids is 1. The monoisotopic (exact) mass is 255 g/mol. The highest BCUT2D eigenvalue weighted by Gasteiger charge is 2.10. The summed E-state index contributed by atoms with van der Waals surface area (Å²) in [7, 11) is 0. The molecule has 18 heavy (non-hydrogen) atoms. The van der Waals surface area contributed by atoms with Crippen LogP contribution >= 0.6 is 0 Å². The van der Waals surface area contributed by atoms with Crippen LogP contribution in [0.25, 0.3) is 0 Å². The number of likely N-dealkylation sites (N-methyl/N-ethyl adjacent to an activating group) is 1. The number of hydrogen-bond acceptors (Lipinski definition) is 4. The van der Waals surface area contributed by atoms with Gasteiger partial charge < -0.3 is 14.7 Å². The summed E-state index contributed by atoms with van der Waals surface area (Å²) in [6.07, 6.45) is 0.619.